The summed E-state index contributed by atoms with van der Waals surface area (Å²) in [6, 6.07) is 22.7. The van der Waals surface area contributed by atoms with Gasteiger partial charge in [-0.05, 0) is 79.9 Å². The molecule has 3 aromatic rings. The first kappa shape index (κ1) is 25.7. The van der Waals surface area contributed by atoms with Crippen molar-refractivity contribution in [3.63, 3.8) is 0 Å². The Balaban J connectivity index is 1.67. The van der Waals surface area contributed by atoms with Crippen molar-refractivity contribution in [2.45, 2.75) is 32.6 Å². The molecule has 7 nitrogen and oxygen atoms in total. The first-order valence-corrected chi connectivity index (χ1v) is 12.2. The number of benzene rings is 3. The highest BCUT2D eigenvalue weighted by Gasteiger charge is 2.43. The van der Waals surface area contributed by atoms with E-state index in [1.165, 1.54) is 6.92 Å². The number of carbonyl (C=O) groups excluding carboxylic acids is 2. The molecular formula is C30H31N3O4. The standard InChI is InChI=1S/C30H31N3O4/c1-5-33-27-16-15-25(36-4)19-26(27)30(3,20-22-11-13-24(14-12-22)37-21(2)34)28(33)17-18-31-32-29(35)23-9-7-6-8-10-23/h6-19H,5,20H2,1-4H3,(H,32,35)/b28-17-,31-18+. The topological polar surface area (TPSA) is 80.2 Å². The largest absolute Gasteiger partial charge is 0.497 e. The Hall–Kier alpha value is -4.39. The predicted molar refractivity (Wildman–Crippen MR) is 145 cm³/mol. The quantitative estimate of drug-likeness (QED) is 0.199. The number of anilines is 1. The van der Waals surface area contributed by atoms with Crippen molar-refractivity contribution in [3.05, 3.63) is 101 Å². The molecule has 0 bridgehead atoms. The van der Waals surface area contributed by atoms with E-state index in [1.54, 1.807) is 25.5 Å². The summed E-state index contributed by atoms with van der Waals surface area (Å²) in [6.07, 6.45) is 4.28. The van der Waals surface area contributed by atoms with Crippen molar-refractivity contribution in [2.24, 2.45) is 5.10 Å². The molecule has 3 aromatic carbocycles. The SMILES string of the molecule is CCN1/C(=C\C=N\NC(=O)c2ccccc2)C(C)(Cc2ccc(OC(C)=O)cc2)c2cc(OC)ccc21. The summed E-state index contributed by atoms with van der Waals surface area (Å²) in [5.74, 6) is 0.690. The number of hydrogen-bond donors (Lipinski definition) is 1. The third-order valence-electron chi connectivity index (χ3n) is 6.51. The maximum Gasteiger partial charge on any atom is 0.308 e. The van der Waals surface area contributed by atoms with Gasteiger partial charge in [0.2, 0.25) is 0 Å². The number of fused-ring (bicyclic) bond motifs is 1. The summed E-state index contributed by atoms with van der Waals surface area (Å²) in [5.41, 5.74) is 7.14. The van der Waals surface area contributed by atoms with Gasteiger partial charge in [-0.2, -0.15) is 5.10 Å². The Morgan fingerprint density at radius 3 is 2.38 bits per heavy atom. The third kappa shape index (κ3) is 5.56. The zero-order valence-electron chi connectivity index (χ0n) is 21.5. The number of hydrazone groups is 1. The summed E-state index contributed by atoms with van der Waals surface area (Å²) in [7, 11) is 1.66. The Bertz CT molecular complexity index is 1330. The number of nitrogens with zero attached hydrogens (tertiary/aromatic N) is 2. The molecule has 0 radical (unpaired) electrons. The lowest BCUT2D eigenvalue weighted by molar-refractivity contribution is -0.131. The van der Waals surface area contributed by atoms with Crippen LogP contribution in [0.25, 0.3) is 0 Å². The number of amides is 1. The minimum Gasteiger partial charge on any atom is -0.497 e. The fourth-order valence-corrected chi connectivity index (χ4v) is 4.79. The summed E-state index contributed by atoms with van der Waals surface area (Å²) in [4.78, 5) is 25.9. The molecule has 7 heteroatoms. The second-order valence-corrected chi connectivity index (χ2v) is 9.01. The van der Waals surface area contributed by atoms with Crippen LogP contribution >= 0.6 is 0 Å². The zero-order chi connectivity index (χ0) is 26.4. The van der Waals surface area contributed by atoms with Gasteiger partial charge in [-0.1, -0.05) is 30.3 Å². The average Bonchev–Trinajstić information content (AvgIpc) is 3.14. The van der Waals surface area contributed by atoms with Gasteiger partial charge in [0.05, 0.1) is 7.11 Å². The number of carbonyl (C=O) groups is 2. The first-order valence-electron chi connectivity index (χ1n) is 12.2. The molecule has 190 valence electrons. The summed E-state index contributed by atoms with van der Waals surface area (Å²) < 4.78 is 10.7. The monoisotopic (exact) mass is 497 g/mol. The predicted octanol–water partition coefficient (Wildman–Crippen LogP) is 5.26. The molecule has 4 rings (SSSR count). The van der Waals surface area contributed by atoms with E-state index in [0.29, 0.717) is 17.7 Å². The maximum atomic E-state index is 12.4. The number of esters is 1. The van der Waals surface area contributed by atoms with Gasteiger partial charge < -0.3 is 14.4 Å². The molecule has 1 aliphatic rings. The molecule has 1 amide bonds. The molecule has 37 heavy (non-hydrogen) atoms. The number of likely N-dealkylation sites (N-methyl/N-ethyl adjacent to an activating group) is 1. The molecule has 1 heterocycles. The van der Waals surface area contributed by atoms with Gasteiger partial charge >= 0.3 is 5.97 Å². The first-order chi connectivity index (χ1) is 17.9. The van der Waals surface area contributed by atoms with Crippen molar-refractivity contribution in [1.29, 1.82) is 0 Å². The van der Waals surface area contributed by atoms with Gasteiger partial charge in [-0.3, -0.25) is 9.59 Å². The third-order valence-corrected chi connectivity index (χ3v) is 6.51. The summed E-state index contributed by atoms with van der Waals surface area (Å²) >= 11 is 0. The van der Waals surface area contributed by atoms with E-state index in [-0.39, 0.29) is 11.9 Å². The average molecular weight is 498 g/mol. The van der Waals surface area contributed by atoms with Gasteiger partial charge in [-0.25, -0.2) is 5.43 Å². The highest BCUT2D eigenvalue weighted by atomic mass is 16.5. The molecule has 1 N–H and O–H groups in total. The number of rotatable bonds is 8. The zero-order valence-corrected chi connectivity index (χ0v) is 21.5. The number of methoxy groups -OCH3 is 1. The van der Waals surface area contributed by atoms with Crippen LogP contribution in [0.5, 0.6) is 11.5 Å². The maximum absolute atomic E-state index is 12.4. The molecule has 0 saturated heterocycles. The smallest absolute Gasteiger partial charge is 0.308 e. The van der Waals surface area contributed by atoms with Crippen LogP contribution in [0, 0.1) is 0 Å². The molecule has 0 spiro atoms. The lowest BCUT2D eigenvalue weighted by Gasteiger charge is -2.30. The number of allylic oxidation sites excluding steroid dienone is 2. The molecule has 0 fully saturated rings. The lowest BCUT2D eigenvalue weighted by Crippen LogP contribution is -2.31. The second-order valence-electron chi connectivity index (χ2n) is 9.01. The lowest BCUT2D eigenvalue weighted by atomic mass is 9.76. The van der Waals surface area contributed by atoms with E-state index in [0.717, 1.165) is 34.8 Å². The fraction of sp³-hybridized carbons (Fsp3) is 0.233. The van der Waals surface area contributed by atoms with Crippen molar-refractivity contribution in [1.82, 2.24) is 5.43 Å². The number of ether oxygens (including phenoxy) is 2. The van der Waals surface area contributed by atoms with Crippen molar-refractivity contribution in [2.75, 3.05) is 18.6 Å². The van der Waals surface area contributed by atoms with Crippen LogP contribution < -0.4 is 19.8 Å². The molecule has 0 aliphatic carbocycles. The van der Waals surface area contributed by atoms with Crippen LogP contribution in [0.3, 0.4) is 0 Å². The van der Waals surface area contributed by atoms with Gasteiger partial charge in [0.15, 0.2) is 0 Å². The van der Waals surface area contributed by atoms with E-state index in [1.807, 2.05) is 54.6 Å². The van der Waals surface area contributed by atoms with Crippen LogP contribution in [0.15, 0.2) is 89.7 Å². The van der Waals surface area contributed by atoms with Crippen LogP contribution in [0.4, 0.5) is 5.69 Å². The Morgan fingerprint density at radius 1 is 1.03 bits per heavy atom. The van der Waals surface area contributed by atoms with E-state index in [9.17, 15) is 9.59 Å². The van der Waals surface area contributed by atoms with Crippen molar-refractivity contribution >= 4 is 23.8 Å². The highest BCUT2D eigenvalue weighted by molar-refractivity contribution is 5.94. The molecule has 1 aliphatic heterocycles. The summed E-state index contributed by atoms with van der Waals surface area (Å²) in [6.45, 7) is 6.45. The normalized spacial score (nSPS) is 17.6. The van der Waals surface area contributed by atoms with Gasteiger partial charge in [0.25, 0.3) is 5.91 Å². The highest BCUT2D eigenvalue weighted by Crippen LogP contribution is 2.50. The van der Waals surface area contributed by atoms with Crippen LogP contribution in [-0.2, 0) is 16.6 Å². The van der Waals surface area contributed by atoms with Crippen LogP contribution in [0.2, 0.25) is 0 Å². The molecule has 1 atom stereocenters. The second kappa shape index (κ2) is 11.1. The number of nitrogens with one attached hydrogen (secondary N) is 1. The molecule has 0 aromatic heterocycles. The van der Waals surface area contributed by atoms with Gasteiger partial charge in [0.1, 0.15) is 11.5 Å². The molecular weight excluding hydrogens is 466 g/mol. The van der Waals surface area contributed by atoms with E-state index < -0.39 is 5.41 Å². The van der Waals surface area contributed by atoms with Crippen molar-refractivity contribution < 1.29 is 19.1 Å². The van der Waals surface area contributed by atoms with E-state index in [4.69, 9.17) is 9.47 Å². The minimum absolute atomic E-state index is 0.266. The summed E-state index contributed by atoms with van der Waals surface area (Å²) in [5, 5.41) is 4.19. The molecule has 0 saturated carbocycles. The van der Waals surface area contributed by atoms with Gasteiger partial charge in [0, 0.05) is 42.0 Å². The Morgan fingerprint density at radius 2 is 1.73 bits per heavy atom. The minimum atomic E-state index is -0.404. The van der Waals surface area contributed by atoms with Crippen molar-refractivity contribution in [3.8, 4) is 11.5 Å². The Kier molecular flexibility index (Phi) is 7.72. The molecule has 1 unspecified atom stereocenters. The van der Waals surface area contributed by atoms with E-state index in [2.05, 4.69) is 41.4 Å². The van der Waals surface area contributed by atoms with Gasteiger partial charge in [-0.15, -0.1) is 0 Å². The number of hydrogen-bond acceptors (Lipinski definition) is 6. The van der Waals surface area contributed by atoms with E-state index >= 15 is 0 Å². The Labute approximate surface area is 217 Å². The van der Waals surface area contributed by atoms with Crippen LogP contribution in [-0.4, -0.2) is 31.7 Å². The van der Waals surface area contributed by atoms with Crippen LogP contribution in [0.1, 0.15) is 42.3 Å². The fourth-order valence-electron chi connectivity index (χ4n) is 4.79.